The lowest BCUT2D eigenvalue weighted by Gasteiger charge is -2.26. The van der Waals surface area contributed by atoms with E-state index < -0.39 is 0 Å². The zero-order chi connectivity index (χ0) is 12.4. The largest absolute Gasteiger partial charge is 0.489 e. The number of ether oxygens (including phenoxy) is 3. The average Bonchev–Trinajstić information content (AvgIpc) is 2.67. The van der Waals surface area contributed by atoms with Gasteiger partial charge in [-0.05, 0) is 12.1 Å². The number of hydrogen-bond acceptors (Lipinski definition) is 4. The zero-order valence-electron chi connectivity index (χ0n) is 10.1. The Morgan fingerprint density at radius 2 is 1.94 bits per heavy atom. The van der Waals surface area contributed by atoms with Crippen LogP contribution in [0.15, 0.2) is 12.1 Å². The highest BCUT2D eigenvalue weighted by Gasteiger charge is 2.25. The Morgan fingerprint density at radius 1 is 1.11 bits per heavy atom. The Kier molecular flexibility index (Phi) is 3.34. The minimum Gasteiger partial charge on any atom is -0.489 e. The third kappa shape index (κ3) is 2.15. The van der Waals surface area contributed by atoms with E-state index in [1.807, 2.05) is 0 Å². The number of fused-ring (bicyclic) bond motifs is 1. The van der Waals surface area contributed by atoms with E-state index in [4.69, 9.17) is 14.2 Å². The topological polar surface area (TPSA) is 39.7 Å². The second-order valence-electron chi connectivity index (χ2n) is 4.41. The molecule has 3 rings (SSSR count). The second-order valence-corrected chi connectivity index (χ2v) is 4.41. The van der Waals surface area contributed by atoms with Crippen molar-refractivity contribution in [2.75, 3.05) is 32.9 Å². The third-order valence-electron chi connectivity index (χ3n) is 3.15. The molecule has 1 unspecified atom stereocenters. The number of benzene rings is 1. The first kappa shape index (κ1) is 11.7. The van der Waals surface area contributed by atoms with Crippen molar-refractivity contribution in [1.29, 1.82) is 0 Å². The van der Waals surface area contributed by atoms with Crippen molar-refractivity contribution in [3.8, 4) is 11.5 Å². The molecule has 2 aliphatic rings. The van der Waals surface area contributed by atoms with Crippen LogP contribution in [-0.2, 0) is 4.74 Å². The van der Waals surface area contributed by atoms with Crippen LogP contribution in [0.1, 0.15) is 18.1 Å². The van der Waals surface area contributed by atoms with Gasteiger partial charge in [0.1, 0.15) is 0 Å². The van der Waals surface area contributed by atoms with Crippen molar-refractivity contribution in [1.82, 2.24) is 5.32 Å². The van der Waals surface area contributed by atoms with Crippen LogP contribution >= 0.6 is 0 Å². The maximum Gasteiger partial charge on any atom is 0.197 e. The first-order chi connectivity index (χ1) is 8.86. The van der Waals surface area contributed by atoms with Gasteiger partial charge in [0, 0.05) is 25.1 Å². The quantitative estimate of drug-likeness (QED) is 0.826. The molecule has 0 radical (unpaired) electrons. The summed E-state index contributed by atoms with van der Waals surface area (Å²) in [5, 5.41) is 3.26. The summed E-state index contributed by atoms with van der Waals surface area (Å²) in [7, 11) is 0. The first-order valence-electron chi connectivity index (χ1n) is 6.26. The first-order valence-corrected chi connectivity index (χ1v) is 6.26. The minimum atomic E-state index is -0.376. The molecule has 2 aliphatic heterocycles. The minimum absolute atomic E-state index is 0.102. The average molecular weight is 253 g/mol. The molecule has 2 heterocycles. The smallest absolute Gasteiger partial charge is 0.197 e. The lowest BCUT2D eigenvalue weighted by atomic mass is 10.1. The van der Waals surface area contributed by atoms with E-state index in [2.05, 4.69) is 5.32 Å². The molecular formula is C13H16FNO3. The van der Waals surface area contributed by atoms with Crippen molar-refractivity contribution in [3.63, 3.8) is 0 Å². The van der Waals surface area contributed by atoms with E-state index in [0.717, 1.165) is 18.5 Å². The molecule has 1 N–H and O–H groups in total. The number of nitrogens with one attached hydrogen (secondary N) is 1. The van der Waals surface area contributed by atoms with Gasteiger partial charge in [0.05, 0.1) is 25.9 Å². The molecule has 0 bridgehead atoms. The highest BCUT2D eigenvalue weighted by Crippen LogP contribution is 2.39. The summed E-state index contributed by atoms with van der Waals surface area (Å²) in [4.78, 5) is 0. The summed E-state index contributed by atoms with van der Waals surface area (Å²) >= 11 is 0. The van der Waals surface area contributed by atoms with E-state index in [9.17, 15) is 4.39 Å². The fourth-order valence-corrected chi connectivity index (χ4v) is 2.26. The van der Waals surface area contributed by atoms with Gasteiger partial charge < -0.3 is 19.5 Å². The molecule has 0 aromatic heterocycles. The van der Waals surface area contributed by atoms with Crippen LogP contribution in [0.5, 0.6) is 11.5 Å². The van der Waals surface area contributed by atoms with Crippen LogP contribution in [0.2, 0.25) is 0 Å². The predicted octanol–water partition coefficient (Wildman–Crippen LogP) is 1.65. The van der Waals surface area contributed by atoms with E-state index in [0.29, 0.717) is 32.1 Å². The Balaban J connectivity index is 1.98. The molecule has 1 fully saturated rings. The third-order valence-corrected chi connectivity index (χ3v) is 3.15. The normalized spacial score (nSPS) is 23.5. The lowest BCUT2D eigenvalue weighted by Crippen LogP contribution is -2.33. The van der Waals surface area contributed by atoms with E-state index in [-0.39, 0.29) is 17.7 Å². The highest BCUT2D eigenvalue weighted by atomic mass is 19.1. The Labute approximate surface area is 105 Å². The summed E-state index contributed by atoms with van der Waals surface area (Å²) in [5.41, 5.74) is 0.862. The SMILES string of the molecule is Fc1ccc(C2CNCCO2)c2c1OCCCO2. The molecule has 0 saturated carbocycles. The van der Waals surface area contributed by atoms with Crippen LogP contribution in [0.25, 0.3) is 0 Å². The van der Waals surface area contributed by atoms with Crippen LogP contribution in [0.4, 0.5) is 4.39 Å². The van der Waals surface area contributed by atoms with Crippen molar-refractivity contribution < 1.29 is 18.6 Å². The number of hydrogen-bond donors (Lipinski definition) is 1. The molecule has 5 heteroatoms. The molecule has 1 atom stereocenters. The van der Waals surface area contributed by atoms with Crippen LogP contribution in [0.3, 0.4) is 0 Å². The molecule has 18 heavy (non-hydrogen) atoms. The fourth-order valence-electron chi connectivity index (χ4n) is 2.26. The van der Waals surface area contributed by atoms with Crippen LogP contribution in [-0.4, -0.2) is 32.9 Å². The summed E-state index contributed by atoms with van der Waals surface area (Å²) < 4.78 is 30.5. The summed E-state index contributed by atoms with van der Waals surface area (Å²) in [5.74, 6) is 0.347. The molecule has 4 nitrogen and oxygen atoms in total. The van der Waals surface area contributed by atoms with Gasteiger partial charge in [-0.25, -0.2) is 4.39 Å². The molecule has 0 spiro atoms. The van der Waals surface area contributed by atoms with Crippen LogP contribution in [0, 0.1) is 5.82 Å². The summed E-state index contributed by atoms with van der Waals surface area (Å²) in [6.45, 7) is 3.23. The van der Waals surface area contributed by atoms with Gasteiger partial charge in [0.15, 0.2) is 17.3 Å². The fraction of sp³-hybridized carbons (Fsp3) is 0.538. The molecule has 1 aromatic carbocycles. The van der Waals surface area contributed by atoms with Gasteiger partial charge in [-0.3, -0.25) is 0 Å². The Bertz CT molecular complexity index is 432. The van der Waals surface area contributed by atoms with Gasteiger partial charge in [0.2, 0.25) is 0 Å². The molecule has 98 valence electrons. The predicted molar refractivity (Wildman–Crippen MR) is 63.6 cm³/mol. The Morgan fingerprint density at radius 3 is 2.72 bits per heavy atom. The second kappa shape index (κ2) is 5.12. The van der Waals surface area contributed by atoms with E-state index >= 15 is 0 Å². The van der Waals surface area contributed by atoms with E-state index in [1.165, 1.54) is 6.07 Å². The molecule has 0 aliphatic carbocycles. The zero-order valence-corrected chi connectivity index (χ0v) is 10.1. The van der Waals surface area contributed by atoms with Gasteiger partial charge in [0.25, 0.3) is 0 Å². The van der Waals surface area contributed by atoms with E-state index in [1.54, 1.807) is 6.07 Å². The maximum atomic E-state index is 13.7. The number of halogens is 1. The summed E-state index contributed by atoms with van der Waals surface area (Å²) in [6.07, 6.45) is 0.659. The van der Waals surface area contributed by atoms with Gasteiger partial charge in [-0.1, -0.05) is 0 Å². The Hall–Kier alpha value is -1.33. The van der Waals surface area contributed by atoms with Gasteiger partial charge in [-0.15, -0.1) is 0 Å². The van der Waals surface area contributed by atoms with Crippen molar-refractivity contribution in [2.45, 2.75) is 12.5 Å². The molecule has 1 saturated heterocycles. The van der Waals surface area contributed by atoms with Gasteiger partial charge in [-0.2, -0.15) is 0 Å². The monoisotopic (exact) mass is 253 g/mol. The molecular weight excluding hydrogens is 237 g/mol. The molecule has 0 amide bonds. The number of rotatable bonds is 1. The standard InChI is InChI=1S/C13H16FNO3/c14-10-3-2-9(11-8-15-4-7-16-11)12-13(10)18-6-1-5-17-12/h2-3,11,15H,1,4-8H2. The van der Waals surface area contributed by atoms with Crippen molar-refractivity contribution >= 4 is 0 Å². The number of morpholine rings is 1. The van der Waals surface area contributed by atoms with Gasteiger partial charge >= 0.3 is 0 Å². The lowest BCUT2D eigenvalue weighted by molar-refractivity contribution is 0.0258. The molecule has 1 aromatic rings. The van der Waals surface area contributed by atoms with Crippen molar-refractivity contribution in [2.24, 2.45) is 0 Å². The maximum absolute atomic E-state index is 13.7. The highest BCUT2D eigenvalue weighted by molar-refractivity contribution is 5.49. The summed E-state index contributed by atoms with van der Waals surface area (Å²) in [6, 6.07) is 3.14. The van der Waals surface area contributed by atoms with Crippen LogP contribution < -0.4 is 14.8 Å². The van der Waals surface area contributed by atoms with Crippen molar-refractivity contribution in [3.05, 3.63) is 23.5 Å².